The van der Waals surface area contributed by atoms with Crippen LogP contribution in [0.3, 0.4) is 0 Å². The van der Waals surface area contributed by atoms with E-state index in [2.05, 4.69) is 10.3 Å². The second-order valence-corrected chi connectivity index (χ2v) is 7.10. The molecule has 0 bridgehead atoms. The number of nitrogens with one attached hydrogen (secondary N) is 1. The van der Waals surface area contributed by atoms with Crippen molar-refractivity contribution in [2.75, 3.05) is 26.1 Å². The second-order valence-electron chi connectivity index (χ2n) is 6.07. The largest absolute Gasteiger partial charge is 0.496 e. The molecule has 0 spiro atoms. The van der Waals surface area contributed by atoms with Crippen LogP contribution in [0.5, 0.6) is 11.5 Å². The van der Waals surface area contributed by atoms with Crippen molar-refractivity contribution in [3.63, 3.8) is 0 Å². The van der Waals surface area contributed by atoms with Gasteiger partial charge in [-0.3, -0.25) is 9.59 Å². The molecule has 0 atom stereocenters. The Morgan fingerprint density at radius 2 is 1.79 bits per heavy atom. The molecule has 0 saturated heterocycles. The summed E-state index contributed by atoms with van der Waals surface area (Å²) in [6, 6.07) is 7.53. The van der Waals surface area contributed by atoms with Crippen molar-refractivity contribution in [2.24, 2.45) is 0 Å². The van der Waals surface area contributed by atoms with E-state index in [0.717, 1.165) is 0 Å². The minimum atomic E-state index is -0.337. The van der Waals surface area contributed by atoms with Gasteiger partial charge in [0.15, 0.2) is 16.7 Å². The number of rotatable bonds is 5. The zero-order chi connectivity index (χ0) is 19.8. The van der Waals surface area contributed by atoms with Crippen LogP contribution in [0, 0.1) is 5.82 Å². The number of aromatic nitrogens is 1. The van der Waals surface area contributed by atoms with Crippen LogP contribution < -0.4 is 14.8 Å². The third-order valence-corrected chi connectivity index (χ3v) is 5.40. The number of methoxy groups -OCH3 is 2. The second kappa shape index (κ2) is 7.05. The lowest BCUT2D eigenvalue weighted by molar-refractivity contribution is 0.0978. The minimum Gasteiger partial charge on any atom is -0.496 e. The smallest absolute Gasteiger partial charge is 0.195 e. The van der Waals surface area contributed by atoms with Crippen LogP contribution in [-0.2, 0) is 0 Å². The molecule has 4 rings (SSSR count). The molecule has 0 radical (unpaired) electrons. The van der Waals surface area contributed by atoms with Crippen LogP contribution in [0.1, 0.15) is 20.7 Å². The molecule has 0 amide bonds. The number of thiazole rings is 1. The van der Waals surface area contributed by atoms with E-state index in [1.807, 2.05) is 0 Å². The van der Waals surface area contributed by atoms with Crippen LogP contribution >= 0.6 is 11.3 Å². The zero-order valence-corrected chi connectivity index (χ0v) is 15.9. The third kappa shape index (κ3) is 3.01. The summed E-state index contributed by atoms with van der Waals surface area (Å²) in [5, 5.41) is 3.58. The summed E-state index contributed by atoms with van der Waals surface area (Å²) in [5.41, 5.74) is 1.34. The number of carbonyl (C=O) groups excluding carboxylic acids is 2. The van der Waals surface area contributed by atoms with Crippen molar-refractivity contribution in [2.45, 2.75) is 0 Å². The normalized spacial score (nSPS) is 13.3. The first-order chi connectivity index (χ1) is 13.5. The van der Waals surface area contributed by atoms with Gasteiger partial charge in [-0.25, -0.2) is 9.37 Å². The van der Waals surface area contributed by atoms with Gasteiger partial charge in [0.05, 0.1) is 35.6 Å². The van der Waals surface area contributed by atoms with Gasteiger partial charge in [-0.15, -0.1) is 0 Å². The molecule has 0 saturated carbocycles. The Morgan fingerprint density at radius 1 is 1.07 bits per heavy atom. The molecule has 1 aromatic heterocycles. The van der Waals surface area contributed by atoms with Crippen LogP contribution in [0.2, 0.25) is 0 Å². The highest BCUT2D eigenvalue weighted by Gasteiger charge is 2.31. The molecule has 1 N–H and O–H groups in total. The Labute approximate surface area is 163 Å². The lowest BCUT2D eigenvalue weighted by Crippen LogP contribution is -2.23. The SMILES string of the molecule is COc1ccc(OC)c2c1C(=O)C=C(CNc1nc3ccc(F)cc3s1)C2=O. The third-order valence-electron chi connectivity index (χ3n) is 4.42. The van der Waals surface area contributed by atoms with Crippen molar-refractivity contribution >= 4 is 38.3 Å². The Kier molecular flexibility index (Phi) is 4.56. The number of hydrogen-bond acceptors (Lipinski definition) is 7. The number of allylic oxidation sites excluding steroid dienone is 1. The number of anilines is 1. The van der Waals surface area contributed by atoms with Crippen molar-refractivity contribution in [1.82, 2.24) is 4.98 Å². The number of fused-ring (bicyclic) bond motifs is 2. The number of hydrogen-bond donors (Lipinski definition) is 1. The van der Waals surface area contributed by atoms with Crippen molar-refractivity contribution in [3.05, 3.63) is 58.9 Å². The number of carbonyl (C=O) groups is 2. The van der Waals surface area contributed by atoms with Gasteiger partial charge in [-0.1, -0.05) is 11.3 Å². The first-order valence-electron chi connectivity index (χ1n) is 8.36. The number of nitrogens with zero attached hydrogens (tertiary/aromatic N) is 1. The lowest BCUT2D eigenvalue weighted by atomic mass is 9.88. The number of halogens is 1. The van der Waals surface area contributed by atoms with Crippen molar-refractivity contribution in [1.29, 1.82) is 0 Å². The van der Waals surface area contributed by atoms with Gasteiger partial charge in [0, 0.05) is 12.1 Å². The van der Waals surface area contributed by atoms with Crippen LogP contribution in [0.4, 0.5) is 9.52 Å². The van der Waals surface area contributed by atoms with Crippen LogP contribution in [0.15, 0.2) is 42.0 Å². The molecule has 1 aliphatic rings. The Hall–Kier alpha value is -3.26. The van der Waals surface area contributed by atoms with Crippen LogP contribution in [0.25, 0.3) is 10.2 Å². The van der Waals surface area contributed by atoms with Crippen molar-refractivity contribution in [3.8, 4) is 11.5 Å². The summed E-state index contributed by atoms with van der Waals surface area (Å²) in [4.78, 5) is 30.0. The molecule has 3 aromatic rings. The molecule has 1 heterocycles. The first kappa shape index (κ1) is 18.1. The van der Waals surface area contributed by atoms with Gasteiger partial charge < -0.3 is 14.8 Å². The summed E-state index contributed by atoms with van der Waals surface area (Å²) in [7, 11) is 2.88. The predicted octanol–water partition coefficient (Wildman–Crippen LogP) is 3.87. The highest BCUT2D eigenvalue weighted by Crippen LogP contribution is 2.36. The summed E-state index contributed by atoms with van der Waals surface area (Å²) in [6.45, 7) is 0.104. The molecule has 1 aliphatic carbocycles. The van der Waals surface area contributed by atoms with E-state index < -0.39 is 0 Å². The van der Waals surface area contributed by atoms with Crippen molar-refractivity contribution < 1.29 is 23.5 Å². The highest BCUT2D eigenvalue weighted by atomic mass is 32.1. The van der Waals surface area contributed by atoms with E-state index >= 15 is 0 Å². The number of ether oxygens (including phenoxy) is 2. The zero-order valence-electron chi connectivity index (χ0n) is 15.0. The summed E-state index contributed by atoms with van der Waals surface area (Å²) in [5.74, 6) is -0.338. The molecule has 6 nitrogen and oxygen atoms in total. The fraction of sp³-hybridized carbons (Fsp3) is 0.150. The summed E-state index contributed by atoms with van der Waals surface area (Å²) >= 11 is 1.27. The molecule has 0 aliphatic heterocycles. The Morgan fingerprint density at radius 3 is 2.50 bits per heavy atom. The molecular weight excluding hydrogens is 383 g/mol. The highest BCUT2D eigenvalue weighted by molar-refractivity contribution is 7.22. The molecule has 28 heavy (non-hydrogen) atoms. The predicted molar refractivity (Wildman–Crippen MR) is 104 cm³/mol. The lowest BCUT2D eigenvalue weighted by Gasteiger charge is -2.20. The molecule has 142 valence electrons. The van der Waals surface area contributed by atoms with Gasteiger partial charge >= 0.3 is 0 Å². The van der Waals surface area contributed by atoms with Gasteiger partial charge in [0.1, 0.15) is 17.3 Å². The molecule has 0 fully saturated rings. The molecular formula is C20H15FN2O4S. The van der Waals surface area contributed by atoms with E-state index in [1.54, 1.807) is 18.2 Å². The maximum atomic E-state index is 13.3. The number of benzene rings is 2. The van der Waals surface area contributed by atoms with Crippen LogP contribution in [-0.4, -0.2) is 37.3 Å². The van der Waals surface area contributed by atoms with E-state index in [9.17, 15) is 14.0 Å². The van der Waals surface area contributed by atoms with Gasteiger partial charge in [-0.05, 0) is 36.4 Å². The summed E-state index contributed by atoms with van der Waals surface area (Å²) in [6.07, 6.45) is 1.30. The molecule has 8 heteroatoms. The van der Waals surface area contributed by atoms with Gasteiger partial charge in [0.25, 0.3) is 0 Å². The topological polar surface area (TPSA) is 77.5 Å². The average Bonchev–Trinajstić information content (AvgIpc) is 3.10. The van der Waals surface area contributed by atoms with E-state index in [-0.39, 0.29) is 40.6 Å². The minimum absolute atomic E-state index is 0.104. The number of ketones is 2. The fourth-order valence-corrected chi connectivity index (χ4v) is 3.99. The maximum Gasteiger partial charge on any atom is 0.195 e. The Bertz CT molecular complexity index is 1150. The standard InChI is InChI=1S/C20H15FN2O4S/c1-26-14-5-6-15(27-2)18-17(14)13(24)7-10(19(18)25)9-22-20-23-12-4-3-11(21)8-16(12)28-20/h3-8H,9H2,1-2H3,(H,22,23). The van der Waals surface area contributed by atoms with E-state index in [1.165, 1.54) is 43.8 Å². The molecule has 0 unspecified atom stereocenters. The molecule has 2 aromatic carbocycles. The number of Topliss-reactive ketones (excluding diaryl/α,β-unsaturated/α-hetero) is 1. The monoisotopic (exact) mass is 398 g/mol. The summed E-state index contributed by atoms with van der Waals surface area (Å²) < 4.78 is 24.5. The van der Waals surface area contributed by atoms with Gasteiger partial charge in [0.2, 0.25) is 0 Å². The maximum absolute atomic E-state index is 13.3. The average molecular weight is 398 g/mol. The fourth-order valence-electron chi connectivity index (χ4n) is 3.11. The van der Waals surface area contributed by atoms with E-state index in [4.69, 9.17) is 9.47 Å². The first-order valence-corrected chi connectivity index (χ1v) is 9.18. The quantitative estimate of drug-likeness (QED) is 0.703. The Balaban J connectivity index is 1.63. The van der Waals surface area contributed by atoms with Gasteiger partial charge in [-0.2, -0.15) is 0 Å². The van der Waals surface area contributed by atoms with E-state index in [0.29, 0.717) is 26.8 Å².